The Morgan fingerprint density at radius 2 is 1.81 bits per heavy atom. The van der Waals surface area contributed by atoms with Crippen molar-refractivity contribution in [3.8, 4) is 11.4 Å². The van der Waals surface area contributed by atoms with Crippen molar-refractivity contribution in [3.63, 3.8) is 0 Å². The minimum Gasteiger partial charge on any atom is -0.340 e. The lowest BCUT2D eigenvalue weighted by molar-refractivity contribution is -0.131. The number of nitrogens with one attached hydrogen (secondary N) is 1. The van der Waals surface area contributed by atoms with Gasteiger partial charge in [-0.25, -0.2) is 4.39 Å². The monoisotopic (exact) mass is 439 g/mol. The number of benzene rings is 2. The number of aromatic amines is 1. The highest BCUT2D eigenvalue weighted by atomic mass is 32.1. The van der Waals surface area contributed by atoms with E-state index >= 15 is 0 Å². The molecule has 0 saturated carbocycles. The van der Waals surface area contributed by atoms with Crippen LogP contribution in [0.15, 0.2) is 48.5 Å². The largest absolute Gasteiger partial charge is 0.340 e. The number of amides is 1. The molecular weight excluding hydrogens is 413 g/mol. The summed E-state index contributed by atoms with van der Waals surface area (Å²) in [5.74, 6) is 0.486. The Hall–Kier alpha value is -2.84. The van der Waals surface area contributed by atoms with E-state index in [-0.39, 0.29) is 18.3 Å². The first-order chi connectivity index (χ1) is 15.0. The van der Waals surface area contributed by atoms with Gasteiger partial charge in [0.2, 0.25) is 5.91 Å². The highest BCUT2D eigenvalue weighted by Crippen LogP contribution is 2.18. The van der Waals surface area contributed by atoms with Crippen LogP contribution in [-0.2, 0) is 17.9 Å². The molecule has 1 aliphatic rings. The van der Waals surface area contributed by atoms with Crippen molar-refractivity contribution >= 4 is 18.1 Å². The van der Waals surface area contributed by atoms with Gasteiger partial charge in [-0.2, -0.15) is 5.10 Å². The molecule has 0 bridgehead atoms. The van der Waals surface area contributed by atoms with E-state index in [9.17, 15) is 9.18 Å². The van der Waals surface area contributed by atoms with Gasteiger partial charge in [0, 0.05) is 38.3 Å². The van der Waals surface area contributed by atoms with Gasteiger partial charge >= 0.3 is 0 Å². The molecule has 2 aromatic carbocycles. The van der Waals surface area contributed by atoms with Crippen LogP contribution >= 0.6 is 12.2 Å². The Balaban J connectivity index is 1.40. The van der Waals surface area contributed by atoms with Gasteiger partial charge < -0.3 is 4.90 Å². The lowest BCUT2D eigenvalue weighted by Crippen LogP contribution is -2.37. The van der Waals surface area contributed by atoms with Crippen molar-refractivity contribution in [2.24, 2.45) is 0 Å². The molecule has 0 spiro atoms. The summed E-state index contributed by atoms with van der Waals surface area (Å²) in [4.78, 5) is 17.3. The second-order valence-corrected chi connectivity index (χ2v) is 8.33. The maximum atomic E-state index is 13.1. The van der Waals surface area contributed by atoms with Crippen molar-refractivity contribution in [2.45, 2.75) is 26.4 Å². The lowest BCUT2D eigenvalue weighted by atomic mass is 10.1. The van der Waals surface area contributed by atoms with Gasteiger partial charge in [-0.3, -0.25) is 19.4 Å². The van der Waals surface area contributed by atoms with Crippen molar-refractivity contribution in [1.82, 2.24) is 24.6 Å². The number of aromatic nitrogens is 3. The van der Waals surface area contributed by atoms with Gasteiger partial charge in [0.15, 0.2) is 10.6 Å². The van der Waals surface area contributed by atoms with Crippen LogP contribution in [-0.4, -0.2) is 56.7 Å². The maximum absolute atomic E-state index is 13.1. The number of carbonyl (C=O) groups excluding carboxylic acids is 1. The van der Waals surface area contributed by atoms with E-state index in [4.69, 9.17) is 12.2 Å². The van der Waals surface area contributed by atoms with Crippen molar-refractivity contribution in [2.75, 3.05) is 26.2 Å². The Kier molecular flexibility index (Phi) is 6.58. The third-order valence-electron chi connectivity index (χ3n) is 5.62. The predicted octanol–water partition coefficient (Wildman–Crippen LogP) is 3.79. The van der Waals surface area contributed by atoms with E-state index in [1.165, 1.54) is 12.1 Å². The summed E-state index contributed by atoms with van der Waals surface area (Å²) in [6, 6.07) is 14.6. The maximum Gasteiger partial charge on any atom is 0.242 e. The van der Waals surface area contributed by atoms with Gasteiger partial charge in [-0.05, 0) is 43.3 Å². The molecule has 31 heavy (non-hydrogen) atoms. The predicted molar refractivity (Wildman–Crippen MR) is 120 cm³/mol. The van der Waals surface area contributed by atoms with Crippen LogP contribution in [0.4, 0.5) is 4.39 Å². The van der Waals surface area contributed by atoms with Crippen LogP contribution in [0.5, 0.6) is 0 Å². The van der Waals surface area contributed by atoms with Crippen molar-refractivity contribution in [3.05, 3.63) is 70.2 Å². The zero-order valence-corrected chi connectivity index (χ0v) is 18.4. The molecular formula is C23H26FN5OS. The summed E-state index contributed by atoms with van der Waals surface area (Å²) in [6.45, 7) is 6.01. The summed E-state index contributed by atoms with van der Waals surface area (Å²) in [6.07, 6.45) is 0.897. The minimum absolute atomic E-state index is 0.0366. The molecule has 1 amide bonds. The minimum atomic E-state index is -0.223. The van der Waals surface area contributed by atoms with E-state index in [0.717, 1.165) is 42.7 Å². The van der Waals surface area contributed by atoms with Crippen LogP contribution in [0.2, 0.25) is 0 Å². The van der Waals surface area contributed by atoms with E-state index < -0.39 is 0 Å². The topological polar surface area (TPSA) is 57.2 Å². The summed E-state index contributed by atoms with van der Waals surface area (Å²) in [5, 5.41) is 7.16. The molecule has 8 heteroatoms. The molecule has 1 saturated heterocycles. The van der Waals surface area contributed by atoms with Crippen LogP contribution in [0.3, 0.4) is 0 Å². The number of aryl methyl sites for hydroxylation is 1. The molecule has 0 unspecified atom stereocenters. The summed E-state index contributed by atoms with van der Waals surface area (Å²) < 4.78 is 15.3. The smallest absolute Gasteiger partial charge is 0.242 e. The summed E-state index contributed by atoms with van der Waals surface area (Å²) in [7, 11) is 0. The highest BCUT2D eigenvalue weighted by Gasteiger charge is 2.21. The summed E-state index contributed by atoms with van der Waals surface area (Å²) >= 11 is 5.39. The summed E-state index contributed by atoms with van der Waals surface area (Å²) in [5.41, 5.74) is 3.16. The van der Waals surface area contributed by atoms with Gasteiger partial charge in [0.1, 0.15) is 12.4 Å². The molecule has 162 valence electrons. The zero-order valence-electron chi connectivity index (χ0n) is 17.6. The number of H-pyrrole nitrogens is 1. The fourth-order valence-electron chi connectivity index (χ4n) is 3.85. The SMILES string of the molecule is Cc1ccc(-c2n[nH]c(=S)n2CC(=O)N2CCCN(Cc3ccc(F)cc3)CC2)cc1. The number of hydrogen-bond donors (Lipinski definition) is 1. The average Bonchev–Trinajstić information content (AvgIpc) is 2.97. The number of hydrogen-bond acceptors (Lipinski definition) is 4. The molecule has 4 rings (SSSR count). The molecule has 0 atom stereocenters. The van der Waals surface area contributed by atoms with Crippen LogP contribution in [0, 0.1) is 17.5 Å². The average molecular weight is 440 g/mol. The fraction of sp³-hybridized carbons (Fsp3) is 0.348. The number of rotatable bonds is 5. The van der Waals surface area contributed by atoms with Crippen molar-refractivity contribution < 1.29 is 9.18 Å². The number of halogens is 1. The molecule has 6 nitrogen and oxygen atoms in total. The van der Waals surface area contributed by atoms with E-state index in [1.807, 2.05) is 48.2 Å². The van der Waals surface area contributed by atoms with Gasteiger partial charge in [0.05, 0.1) is 0 Å². The molecule has 1 fully saturated rings. The van der Waals surface area contributed by atoms with Crippen LogP contribution in [0.25, 0.3) is 11.4 Å². The van der Waals surface area contributed by atoms with Gasteiger partial charge in [-0.15, -0.1) is 0 Å². The standard InChI is InChI=1S/C23H26FN5OS/c1-17-3-7-19(8-4-17)22-25-26-23(31)29(22)16-21(30)28-12-2-11-27(13-14-28)15-18-5-9-20(24)10-6-18/h3-10H,2,11-16H2,1H3,(H,26,31). The van der Waals surface area contributed by atoms with E-state index in [0.29, 0.717) is 23.7 Å². The first-order valence-electron chi connectivity index (χ1n) is 10.5. The molecule has 3 aromatic rings. The second kappa shape index (κ2) is 9.53. The Bertz CT molecular complexity index is 1090. The Morgan fingerprint density at radius 1 is 1.06 bits per heavy atom. The van der Waals surface area contributed by atoms with E-state index in [2.05, 4.69) is 15.1 Å². The van der Waals surface area contributed by atoms with E-state index in [1.54, 1.807) is 4.57 Å². The Labute approximate surface area is 186 Å². The fourth-order valence-corrected chi connectivity index (χ4v) is 4.05. The quantitative estimate of drug-likeness (QED) is 0.615. The third-order valence-corrected chi connectivity index (χ3v) is 5.93. The first kappa shape index (κ1) is 21.4. The Morgan fingerprint density at radius 3 is 2.55 bits per heavy atom. The van der Waals surface area contributed by atoms with Crippen LogP contribution in [0.1, 0.15) is 17.5 Å². The third kappa shape index (κ3) is 5.26. The molecule has 1 N–H and O–H groups in total. The molecule has 2 heterocycles. The number of nitrogens with zero attached hydrogens (tertiary/aromatic N) is 4. The normalized spacial score (nSPS) is 15.1. The lowest BCUT2D eigenvalue weighted by Gasteiger charge is -2.22. The number of carbonyl (C=O) groups is 1. The molecule has 1 aromatic heterocycles. The zero-order chi connectivity index (χ0) is 21.8. The van der Waals surface area contributed by atoms with Crippen molar-refractivity contribution in [1.29, 1.82) is 0 Å². The van der Waals surface area contributed by atoms with Gasteiger partial charge in [0.25, 0.3) is 0 Å². The van der Waals surface area contributed by atoms with Gasteiger partial charge in [-0.1, -0.05) is 42.0 Å². The molecule has 0 radical (unpaired) electrons. The second-order valence-electron chi connectivity index (χ2n) is 7.94. The molecule has 1 aliphatic heterocycles. The first-order valence-corrected chi connectivity index (χ1v) is 10.9. The molecule has 0 aliphatic carbocycles. The van der Waals surface area contributed by atoms with Crippen LogP contribution < -0.4 is 0 Å². The highest BCUT2D eigenvalue weighted by molar-refractivity contribution is 7.71.